The van der Waals surface area contributed by atoms with Gasteiger partial charge in [-0.05, 0) is 18.9 Å². The van der Waals surface area contributed by atoms with E-state index < -0.39 is 5.97 Å². The van der Waals surface area contributed by atoms with Gasteiger partial charge in [-0.3, -0.25) is 9.78 Å². The van der Waals surface area contributed by atoms with Gasteiger partial charge in [0.2, 0.25) is 0 Å². The largest absolute Gasteiger partial charge is 0.478 e. The number of hydrogen-bond acceptors (Lipinski definition) is 4. The van der Waals surface area contributed by atoms with Gasteiger partial charge in [0, 0.05) is 38.7 Å². The Morgan fingerprint density at radius 3 is 2.68 bits per heavy atom. The summed E-state index contributed by atoms with van der Waals surface area (Å²) in [6.45, 7) is 1.26. The number of aromatic carboxylic acids is 1. The molecule has 0 unspecified atom stereocenters. The van der Waals surface area contributed by atoms with Crippen LogP contribution in [0.3, 0.4) is 0 Å². The van der Waals surface area contributed by atoms with E-state index in [0.717, 1.165) is 12.8 Å². The summed E-state index contributed by atoms with van der Waals surface area (Å²) in [5.74, 6) is -1.43. The van der Waals surface area contributed by atoms with Gasteiger partial charge in [0.15, 0.2) is 0 Å². The van der Waals surface area contributed by atoms with E-state index in [1.165, 1.54) is 18.5 Å². The van der Waals surface area contributed by atoms with Crippen molar-refractivity contribution in [2.24, 2.45) is 0 Å². The lowest BCUT2D eigenvalue weighted by Gasteiger charge is -2.31. The maximum atomic E-state index is 12.4. The summed E-state index contributed by atoms with van der Waals surface area (Å²) in [7, 11) is 1.70. The molecule has 2 rings (SSSR count). The Morgan fingerprint density at radius 2 is 2.05 bits per heavy atom. The van der Waals surface area contributed by atoms with Gasteiger partial charge in [-0.25, -0.2) is 4.79 Å². The molecule has 1 fully saturated rings. The van der Waals surface area contributed by atoms with Crippen LogP contribution < -0.4 is 0 Å². The van der Waals surface area contributed by atoms with Crippen molar-refractivity contribution in [3.63, 3.8) is 0 Å². The maximum Gasteiger partial charge on any atom is 0.338 e. The van der Waals surface area contributed by atoms with Crippen molar-refractivity contribution < 1.29 is 19.4 Å². The fraction of sp³-hybridized carbons (Fsp3) is 0.462. The van der Waals surface area contributed by atoms with Gasteiger partial charge in [0.25, 0.3) is 5.91 Å². The molecule has 2 heterocycles. The Hall–Kier alpha value is -1.95. The molecule has 1 aromatic heterocycles. The molecule has 19 heavy (non-hydrogen) atoms. The highest BCUT2D eigenvalue weighted by atomic mass is 16.5. The van der Waals surface area contributed by atoms with Crippen LogP contribution in [0.15, 0.2) is 18.5 Å². The monoisotopic (exact) mass is 264 g/mol. The van der Waals surface area contributed by atoms with Crippen LogP contribution in [-0.2, 0) is 4.74 Å². The van der Waals surface area contributed by atoms with E-state index in [-0.39, 0.29) is 23.1 Å². The number of carboxylic acids is 1. The molecule has 1 aliphatic rings. The molecule has 0 spiro atoms. The number of pyridine rings is 1. The standard InChI is InChI=1S/C13H16N2O4/c1-15(9-3-6-19-7-4-9)12(16)10-2-5-14-8-11(10)13(17)18/h2,5,8-9H,3-4,6-7H2,1H3,(H,17,18). The highest BCUT2D eigenvalue weighted by Gasteiger charge is 2.26. The number of rotatable bonds is 3. The summed E-state index contributed by atoms with van der Waals surface area (Å²) in [4.78, 5) is 28.8. The molecular weight excluding hydrogens is 248 g/mol. The van der Waals surface area contributed by atoms with Gasteiger partial charge in [0.05, 0.1) is 11.1 Å². The summed E-state index contributed by atoms with van der Waals surface area (Å²) in [6, 6.07) is 1.54. The quantitative estimate of drug-likeness (QED) is 0.882. The van der Waals surface area contributed by atoms with Crippen LogP contribution in [0.25, 0.3) is 0 Å². The maximum absolute atomic E-state index is 12.4. The first kappa shape index (κ1) is 13.5. The molecule has 1 aromatic rings. The lowest BCUT2D eigenvalue weighted by atomic mass is 10.0. The van der Waals surface area contributed by atoms with E-state index >= 15 is 0 Å². The number of hydrogen-bond donors (Lipinski definition) is 1. The summed E-state index contributed by atoms with van der Waals surface area (Å²) in [6.07, 6.45) is 4.18. The number of carbonyl (C=O) groups is 2. The van der Waals surface area contributed by atoms with Gasteiger partial charge in [0.1, 0.15) is 0 Å². The Bertz CT molecular complexity index is 483. The minimum Gasteiger partial charge on any atom is -0.478 e. The van der Waals surface area contributed by atoms with Crippen molar-refractivity contribution in [2.45, 2.75) is 18.9 Å². The molecule has 6 nitrogen and oxygen atoms in total. The minimum absolute atomic E-state index is 0.0635. The van der Waals surface area contributed by atoms with E-state index in [1.54, 1.807) is 11.9 Å². The third-order valence-corrected chi connectivity index (χ3v) is 3.34. The van der Waals surface area contributed by atoms with Crippen LogP contribution in [0.4, 0.5) is 0 Å². The topological polar surface area (TPSA) is 79.7 Å². The van der Waals surface area contributed by atoms with Crippen LogP contribution in [0, 0.1) is 0 Å². The highest BCUT2D eigenvalue weighted by molar-refractivity contribution is 6.04. The molecule has 0 saturated carbocycles. The normalized spacial score (nSPS) is 16.1. The Labute approximate surface area is 111 Å². The number of carbonyl (C=O) groups excluding carboxylic acids is 1. The van der Waals surface area contributed by atoms with Crippen LogP contribution in [0.2, 0.25) is 0 Å². The summed E-state index contributed by atoms with van der Waals surface area (Å²) < 4.78 is 5.26. The predicted molar refractivity (Wildman–Crippen MR) is 67.1 cm³/mol. The number of ether oxygens (including phenoxy) is 1. The first-order valence-corrected chi connectivity index (χ1v) is 6.13. The second-order valence-corrected chi connectivity index (χ2v) is 4.49. The predicted octanol–water partition coefficient (Wildman–Crippen LogP) is 1.03. The Kier molecular flexibility index (Phi) is 4.11. The Balaban J connectivity index is 2.21. The average molecular weight is 264 g/mol. The molecule has 0 aromatic carbocycles. The molecule has 6 heteroatoms. The zero-order chi connectivity index (χ0) is 13.8. The SMILES string of the molecule is CN(C(=O)c1ccncc1C(=O)O)C1CCOCC1. The third kappa shape index (κ3) is 2.90. The van der Waals surface area contributed by atoms with Gasteiger partial charge in [-0.2, -0.15) is 0 Å². The molecule has 1 amide bonds. The number of aromatic nitrogens is 1. The summed E-state index contributed by atoms with van der Waals surface area (Å²) >= 11 is 0. The van der Waals surface area contributed by atoms with Crippen molar-refractivity contribution in [3.8, 4) is 0 Å². The van der Waals surface area contributed by atoms with E-state index in [0.29, 0.717) is 13.2 Å². The minimum atomic E-state index is -1.14. The fourth-order valence-corrected chi connectivity index (χ4v) is 2.18. The van der Waals surface area contributed by atoms with E-state index in [1.807, 2.05) is 0 Å². The summed E-state index contributed by atoms with van der Waals surface area (Å²) in [5, 5.41) is 9.08. The molecule has 0 aliphatic carbocycles. The molecular formula is C13H16N2O4. The van der Waals surface area contributed by atoms with E-state index in [2.05, 4.69) is 4.98 Å². The van der Waals surface area contributed by atoms with E-state index in [9.17, 15) is 9.59 Å². The second-order valence-electron chi connectivity index (χ2n) is 4.49. The molecule has 0 atom stereocenters. The fourth-order valence-electron chi connectivity index (χ4n) is 2.18. The first-order chi connectivity index (χ1) is 9.11. The van der Waals surface area contributed by atoms with Crippen molar-refractivity contribution >= 4 is 11.9 Å². The third-order valence-electron chi connectivity index (χ3n) is 3.34. The number of nitrogens with zero attached hydrogens (tertiary/aromatic N) is 2. The van der Waals surface area contributed by atoms with Gasteiger partial charge >= 0.3 is 5.97 Å². The molecule has 1 saturated heterocycles. The lowest BCUT2D eigenvalue weighted by Crippen LogP contribution is -2.41. The molecule has 102 valence electrons. The number of amides is 1. The van der Waals surface area contributed by atoms with Crippen molar-refractivity contribution in [1.29, 1.82) is 0 Å². The van der Waals surface area contributed by atoms with Crippen molar-refractivity contribution in [3.05, 3.63) is 29.6 Å². The molecule has 0 radical (unpaired) electrons. The average Bonchev–Trinajstić information content (AvgIpc) is 2.46. The number of carboxylic acid groups (broad SMARTS) is 1. The molecule has 1 aliphatic heterocycles. The van der Waals surface area contributed by atoms with Crippen LogP contribution in [-0.4, -0.2) is 53.2 Å². The van der Waals surface area contributed by atoms with Crippen LogP contribution >= 0.6 is 0 Å². The van der Waals surface area contributed by atoms with Crippen LogP contribution in [0.1, 0.15) is 33.6 Å². The zero-order valence-corrected chi connectivity index (χ0v) is 10.7. The van der Waals surface area contributed by atoms with Gasteiger partial charge < -0.3 is 14.7 Å². The second kappa shape index (κ2) is 5.79. The Morgan fingerprint density at radius 1 is 1.37 bits per heavy atom. The lowest BCUT2D eigenvalue weighted by molar-refractivity contribution is 0.0359. The van der Waals surface area contributed by atoms with Crippen molar-refractivity contribution in [1.82, 2.24) is 9.88 Å². The smallest absolute Gasteiger partial charge is 0.338 e. The zero-order valence-electron chi connectivity index (χ0n) is 10.7. The van der Waals surface area contributed by atoms with Crippen molar-refractivity contribution in [2.75, 3.05) is 20.3 Å². The molecule has 1 N–H and O–H groups in total. The summed E-state index contributed by atoms with van der Waals surface area (Å²) in [5.41, 5.74) is 0.114. The van der Waals surface area contributed by atoms with Crippen LogP contribution in [0.5, 0.6) is 0 Å². The first-order valence-electron chi connectivity index (χ1n) is 6.13. The van der Waals surface area contributed by atoms with Gasteiger partial charge in [-0.1, -0.05) is 0 Å². The van der Waals surface area contributed by atoms with Gasteiger partial charge in [-0.15, -0.1) is 0 Å². The van der Waals surface area contributed by atoms with E-state index in [4.69, 9.17) is 9.84 Å². The highest BCUT2D eigenvalue weighted by Crippen LogP contribution is 2.17. The molecule has 0 bridgehead atoms.